The van der Waals surface area contributed by atoms with Crippen molar-refractivity contribution >= 4 is 22.7 Å². The van der Waals surface area contributed by atoms with E-state index in [-0.39, 0.29) is 25.7 Å². The van der Waals surface area contributed by atoms with E-state index in [0.717, 1.165) is 16.8 Å². The van der Waals surface area contributed by atoms with E-state index in [1.807, 2.05) is 66.7 Å². The van der Waals surface area contributed by atoms with Gasteiger partial charge in [0.1, 0.15) is 18.9 Å². The van der Waals surface area contributed by atoms with Gasteiger partial charge in [0.2, 0.25) is 5.91 Å². The number of benzene rings is 3. The highest BCUT2D eigenvalue weighted by atomic mass is 16.5. The highest BCUT2D eigenvalue weighted by Gasteiger charge is 2.17. The highest BCUT2D eigenvalue weighted by molar-refractivity contribution is 5.93. The van der Waals surface area contributed by atoms with E-state index in [1.165, 1.54) is 9.47 Å². The third kappa shape index (κ3) is 4.36. The molecule has 0 aliphatic carbocycles. The fraction of sp³-hybridized carbons (Fsp3) is 0.167. The monoisotopic (exact) mass is 418 g/mol. The zero-order valence-electron chi connectivity index (χ0n) is 17.0. The molecule has 1 N–H and O–H groups in total. The number of amides is 1. The maximum absolute atomic E-state index is 12.8. The summed E-state index contributed by atoms with van der Waals surface area (Å²) in [5.41, 5.74) is 3.52. The van der Waals surface area contributed by atoms with Crippen molar-refractivity contribution in [1.82, 2.24) is 4.57 Å². The first kappa shape index (κ1) is 20.4. The number of likely N-dealkylation sites (N-methyl/N-ethyl adjacent to an activating group) is 1. The van der Waals surface area contributed by atoms with E-state index in [2.05, 4.69) is 0 Å². The predicted molar refractivity (Wildman–Crippen MR) is 118 cm³/mol. The van der Waals surface area contributed by atoms with Gasteiger partial charge in [0, 0.05) is 12.7 Å². The molecule has 1 heterocycles. The lowest BCUT2D eigenvalue weighted by atomic mass is 10.1. The zero-order chi connectivity index (χ0) is 21.8. The Labute approximate surface area is 178 Å². The Hall–Kier alpha value is -3.84. The molecule has 7 nitrogen and oxygen atoms in total. The van der Waals surface area contributed by atoms with Crippen LogP contribution in [0.4, 0.5) is 5.69 Å². The summed E-state index contributed by atoms with van der Waals surface area (Å²) in [6, 6.07) is 22.1. The van der Waals surface area contributed by atoms with Gasteiger partial charge >= 0.3 is 5.76 Å². The van der Waals surface area contributed by atoms with Crippen molar-refractivity contribution in [2.24, 2.45) is 0 Å². The molecule has 1 aromatic heterocycles. The van der Waals surface area contributed by atoms with Crippen molar-refractivity contribution in [3.05, 3.63) is 83.3 Å². The molecule has 0 saturated heterocycles. The van der Waals surface area contributed by atoms with Crippen molar-refractivity contribution in [3.8, 4) is 16.9 Å². The lowest BCUT2D eigenvalue weighted by molar-refractivity contribution is -0.118. The quantitative estimate of drug-likeness (QED) is 0.498. The van der Waals surface area contributed by atoms with E-state index < -0.39 is 5.76 Å². The van der Waals surface area contributed by atoms with Gasteiger partial charge in [-0.25, -0.2) is 4.79 Å². The minimum atomic E-state index is -0.574. The van der Waals surface area contributed by atoms with Gasteiger partial charge in [-0.15, -0.1) is 0 Å². The number of aliphatic hydroxyl groups excluding tert-OH is 1. The number of nitrogens with zero attached hydrogens (tertiary/aromatic N) is 2. The number of aliphatic hydroxyl groups is 1. The van der Waals surface area contributed by atoms with Crippen molar-refractivity contribution in [3.63, 3.8) is 0 Å². The summed E-state index contributed by atoms with van der Waals surface area (Å²) in [6.45, 7) is 0.0568. The molecule has 4 aromatic rings. The molecule has 0 bridgehead atoms. The van der Waals surface area contributed by atoms with Crippen molar-refractivity contribution in [2.75, 3.05) is 25.2 Å². The number of oxazole rings is 1. The minimum Gasteiger partial charge on any atom is -0.491 e. The molecule has 1 amide bonds. The number of hydrogen-bond acceptors (Lipinski definition) is 5. The van der Waals surface area contributed by atoms with Crippen LogP contribution in [-0.2, 0) is 11.3 Å². The average molecular weight is 418 g/mol. The Morgan fingerprint density at radius 2 is 1.74 bits per heavy atom. The second kappa shape index (κ2) is 8.89. The summed E-state index contributed by atoms with van der Waals surface area (Å²) in [4.78, 5) is 26.7. The number of carbonyl (C=O) groups excluding carboxylic acids is 1. The van der Waals surface area contributed by atoms with E-state index in [0.29, 0.717) is 16.8 Å². The Morgan fingerprint density at radius 3 is 2.45 bits per heavy atom. The molecule has 0 aliphatic rings. The summed E-state index contributed by atoms with van der Waals surface area (Å²) in [5, 5.41) is 8.86. The van der Waals surface area contributed by atoms with Crippen LogP contribution in [0.15, 0.2) is 82.0 Å². The average Bonchev–Trinajstić information content (AvgIpc) is 3.12. The number of rotatable bonds is 7. The van der Waals surface area contributed by atoms with Gasteiger partial charge in [0.15, 0.2) is 5.58 Å². The normalized spacial score (nSPS) is 10.9. The molecule has 158 valence electrons. The lowest BCUT2D eigenvalue weighted by Crippen LogP contribution is -2.32. The van der Waals surface area contributed by atoms with E-state index in [9.17, 15) is 9.59 Å². The summed E-state index contributed by atoms with van der Waals surface area (Å²) in [7, 11) is 1.68. The number of hydrogen-bond donors (Lipinski definition) is 1. The second-order valence-electron chi connectivity index (χ2n) is 7.02. The Bertz CT molecular complexity index is 1240. The molecule has 3 aromatic carbocycles. The predicted octanol–water partition coefficient (Wildman–Crippen LogP) is 3.30. The lowest BCUT2D eigenvalue weighted by Gasteiger charge is -2.17. The van der Waals surface area contributed by atoms with Crippen LogP contribution in [0.2, 0.25) is 0 Å². The number of para-hydroxylation sites is 1. The molecule has 0 spiro atoms. The molecular formula is C24H22N2O5. The van der Waals surface area contributed by atoms with Crippen LogP contribution < -0.4 is 15.4 Å². The summed E-state index contributed by atoms with van der Waals surface area (Å²) >= 11 is 0. The Kier molecular flexibility index (Phi) is 5.86. The van der Waals surface area contributed by atoms with E-state index in [4.69, 9.17) is 14.3 Å². The van der Waals surface area contributed by atoms with Gasteiger partial charge in [-0.2, -0.15) is 0 Å². The molecule has 4 rings (SSSR count). The first-order valence-electron chi connectivity index (χ1n) is 9.86. The van der Waals surface area contributed by atoms with Gasteiger partial charge in [-0.3, -0.25) is 9.36 Å². The number of aromatic nitrogens is 1. The fourth-order valence-corrected chi connectivity index (χ4v) is 3.34. The third-order valence-corrected chi connectivity index (χ3v) is 5.03. The SMILES string of the molecule is CN(C(=O)Cn1c(=O)oc2ccc(-c3ccc(OCCO)cc3)cc21)c1ccccc1. The van der Waals surface area contributed by atoms with Crippen LogP contribution in [0, 0.1) is 0 Å². The van der Waals surface area contributed by atoms with Crippen molar-refractivity contribution in [1.29, 1.82) is 0 Å². The molecule has 0 aliphatic heterocycles. The van der Waals surface area contributed by atoms with E-state index >= 15 is 0 Å². The number of ether oxygens (including phenoxy) is 1. The summed E-state index contributed by atoms with van der Waals surface area (Å²) in [5.74, 6) is -0.143. The zero-order valence-corrected chi connectivity index (χ0v) is 17.0. The van der Waals surface area contributed by atoms with Gasteiger partial charge < -0.3 is 19.2 Å². The first-order chi connectivity index (χ1) is 15.1. The molecule has 0 saturated carbocycles. The van der Waals surface area contributed by atoms with E-state index in [1.54, 1.807) is 13.1 Å². The minimum absolute atomic E-state index is 0.0470. The van der Waals surface area contributed by atoms with Gasteiger partial charge in [0.05, 0.1) is 12.1 Å². The first-order valence-corrected chi connectivity index (χ1v) is 9.86. The van der Waals surface area contributed by atoms with Crippen molar-refractivity contribution < 1.29 is 19.1 Å². The van der Waals surface area contributed by atoms with Crippen LogP contribution in [0.5, 0.6) is 5.75 Å². The molecule has 0 radical (unpaired) electrons. The smallest absolute Gasteiger partial charge is 0.420 e. The largest absolute Gasteiger partial charge is 0.491 e. The molecule has 0 fully saturated rings. The van der Waals surface area contributed by atoms with Crippen LogP contribution >= 0.6 is 0 Å². The van der Waals surface area contributed by atoms with Crippen molar-refractivity contribution in [2.45, 2.75) is 6.54 Å². The molecular weight excluding hydrogens is 396 g/mol. The Morgan fingerprint density at radius 1 is 1.03 bits per heavy atom. The van der Waals surface area contributed by atoms with Crippen LogP contribution in [0.25, 0.3) is 22.2 Å². The van der Waals surface area contributed by atoms with Crippen LogP contribution in [0.3, 0.4) is 0 Å². The third-order valence-electron chi connectivity index (χ3n) is 5.03. The number of fused-ring (bicyclic) bond motifs is 1. The van der Waals surface area contributed by atoms with Gasteiger partial charge in [-0.1, -0.05) is 36.4 Å². The topological polar surface area (TPSA) is 84.9 Å². The summed E-state index contributed by atoms with van der Waals surface area (Å²) in [6.07, 6.45) is 0. The molecule has 31 heavy (non-hydrogen) atoms. The maximum atomic E-state index is 12.8. The number of carbonyl (C=O) groups is 1. The summed E-state index contributed by atoms with van der Waals surface area (Å²) < 4.78 is 12.1. The van der Waals surface area contributed by atoms with Gasteiger partial charge in [0.25, 0.3) is 0 Å². The molecule has 0 atom stereocenters. The Balaban J connectivity index is 1.62. The van der Waals surface area contributed by atoms with Crippen LogP contribution in [0.1, 0.15) is 0 Å². The molecule has 0 unspecified atom stereocenters. The second-order valence-corrected chi connectivity index (χ2v) is 7.02. The van der Waals surface area contributed by atoms with Crippen LogP contribution in [-0.4, -0.2) is 35.8 Å². The maximum Gasteiger partial charge on any atom is 0.420 e. The fourth-order valence-electron chi connectivity index (χ4n) is 3.34. The standard InChI is InChI=1S/C24H22N2O5/c1-25(19-5-3-2-4-6-19)23(28)16-26-21-15-18(9-12-22(21)31-24(26)29)17-7-10-20(11-8-17)30-14-13-27/h2-12,15,27H,13-14,16H2,1H3. The highest BCUT2D eigenvalue weighted by Crippen LogP contribution is 2.26. The number of anilines is 1. The van der Waals surface area contributed by atoms with Gasteiger partial charge in [-0.05, 0) is 47.5 Å². The molecule has 7 heteroatoms.